The molecule has 3 atom stereocenters. The summed E-state index contributed by atoms with van der Waals surface area (Å²) < 4.78 is 0. The van der Waals surface area contributed by atoms with Gasteiger partial charge in [0.1, 0.15) is 0 Å². The highest BCUT2D eigenvalue weighted by Gasteiger charge is 2.45. The summed E-state index contributed by atoms with van der Waals surface area (Å²) in [6.45, 7) is 14.4. The van der Waals surface area contributed by atoms with Crippen LogP contribution in [-0.4, -0.2) is 0 Å². The summed E-state index contributed by atoms with van der Waals surface area (Å²) in [5.74, 6) is 5.70. The third-order valence-electron chi connectivity index (χ3n) is 4.70. The Labute approximate surface area is 84.1 Å². The third-order valence-corrected chi connectivity index (χ3v) is 4.70. The van der Waals surface area contributed by atoms with Gasteiger partial charge in [-0.15, -0.1) is 0 Å². The fraction of sp³-hybridized carbons (Fsp3) is 1.00. The average Bonchev–Trinajstić information content (AvgIpc) is 2.11. The minimum absolute atomic E-state index is 0.868. The van der Waals surface area contributed by atoms with Crippen LogP contribution in [0.25, 0.3) is 0 Å². The van der Waals surface area contributed by atoms with Gasteiger partial charge in [-0.3, -0.25) is 0 Å². The Hall–Kier alpha value is 0. The van der Waals surface area contributed by atoms with Crippen molar-refractivity contribution in [2.24, 2.45) is 35.5 Å². The van der Waals surface area contributed by atoms with Crippen molar-refractivity contribution in [2.45, 2.75) is 48.0 Å². The SMILES string of the molecule is CCC(C(C)C)C1C(C)C(C)C1C. The second-order valence-corrected chi connectivity index (χ2v) is 5.47. The number of hydrogen-bond acceptors (Lipinski definition) is 0. The Kier molecular flexibility index (Phi) is 3.43. The van der Waals surface area contributed by atoms with Crippen LogP contribution in [0.3, 0.4) is 0 Å². The number of rotatable bonds is 3. The van der Waals surface area contributed by atoms with Crippen LogP contribution in [0.1, 0.15) is 48.0 Å². The van der Waals surface area contributed by atoms with Gasteiger partial charge in [-0.25, -0.2) is 0 Å². The molecule has 0 aliphatic heterocycles. The van der Waals surface area contributed by atoms with Gasteiger partial charge in [0.25, 0.3) is 0 Å². The molecule has 0 saturated heterocycles. The van der Waals surface area contributed by atoms with Gasteiger partial charge in [0.15, 0.2) is 0 Å². The Balaban J connectivity index is 2.60. The van der Waals surface area contributed by atoms with E-state index in [9.17, 15) is 0 Å². The van der Waals surface area contributed by atoms with Crippen LogP contribution in [0.4, 0.5) is 0 Å². The summed E-state index contributed by atoms with van der Waals surface area (Å²) in [5, 5.41) is 0. The van der Waals surface area contributed by atoms with E-state index in [0.29, 0.717) is 0 Å². The largest absolute Gasteiger partial charge is 0.0651 e. The van der Waals surface area contributed by atoms with E-state index in [1.54, 1.807) is 0 Å². The lowest BCUT2D eigenvalue weighted by molar-refractivity contribution is -0.0435. The van der Waals surface area contributed by atoms with Crippen LogP contribution >= 0.6 is 0 Å². The van der Waals surface area contributed by atoms with Crippen molar-refractivity contribution in [1.29, 1.82) is 0 Å². The zero-order chi connectivity index (χ0) is 10.2. The maximum absolute atomic E-state index is 2.44. The minimum atomic E-state index is 0.868. The van der Waals surface area contributed by atoms with Crippen LogP contribution in [0.2, 0.25) is 0 Å². The van der Waals surface area contributed by atoms with E-state index < -0.39 is 0 Å². The van der Waals surface area contributed by atoms with E-state index >= 15 is 0 Å². The van der Waals surface area contributed by atoms with E-state index in [2.05, 4.69) is 41.5 Å². The Morgan fingerprint density at radius 2 is 1.38 bits per heavy atom. The van der Waals surface area contributed by atoms with Gasteiger partial charge in [-0.2, -0.15) is 0 Å². The first-order valence-corrected chi connectivity index (χ1v) is 6.00. The fourth-order valence-electron chi connectivity index (χ4n) is 3.48. The highest BCUT2D eigenvalue weighted by Crippen LogP contribution is 2.51. The summed E-state index contributed by atoms with van der Waals surface area (Å²) in [6, 6.07) is 0. The van der Waals surface area contributed by atoms with Gasteiger partial charge in [-0.05, 0) is 35.5 Å². The van der Waals surface area contributed by atoms with E-state index in [1.807, 2.05) is 0 Å². The van der Waals surface area contributed by atoms with E-state index in [1.165, 1.54) is 6.42 Å². The highest BCUT2D eigenvalue weighted by molar-refractivity contribution is 4.93. The molecule has 1 aliphatic carbocycles. The van der Waals surface area contributed by atoms with Crippen molar-refractivity contribution >= 4 is 0 Å². The molecular formula is C13H26. The standard InChI is InChI=1S/C13H26/c1-7-12(8(2)3)13-10(5)9(4)11(13)6/h8-13H,7H2,1-6H3. The Morgan fingerprint density at radius 3 is 1.69 bits per heavy atom. The second kappa shape index (κ2) is 4.02. The minimum Gasteiger partial charge on any atom is -0.0651 e. The molecule has 78 valence electrons. The molecule has 1 rings (SSSR count). The quantitative estimate of drug-likeness (QED) is 0.613. The number of hydrogen-bond donors (Lipinski definition) is 0. The molecule has 0 N–H and O–H groups in total. The molecule has 0 nitrogen and oxygen atoms in total. The molecular weight excluding hydrogens is 156 g/mol. The molecule has 0 aromatic rings. The Morgan fingerprint density at radius 1 is 0.923 bits per heavy atom. The van der Waals surface area contributed by atoms with Crippen molar-refractivity contribution in [1.82, 2.24) is 0 Å². The maximum atomic E-state index is 2.44. The summed E-state index contributed by atoms with van der Waals surface area (Å²) in [7, 11) is 0. The molecule has 0 amide bonds. The maximum Gasteiger partial charge on any atom is -0.0327 e. The third kappa shape index (κ3) is 1.78. The van der Waals surface area contributed by atoms with Gasteiger partial charge < -0.3 is 0 Å². The fourth-order valence-corrected chi connectivity index (χ4v) is 3.48. The molecule has 13 heavy (non-hydrogen) atoms. The Bertz CT molecular complexity index is 149. The average molecular weight is 182 g/mol. The molecule has 1 fully saturated rings. The van der Waals surface area contributed by atoms with Crippen LogP contribution in [-0.2, 0) is 0 Å². The molecule has 0 heteroatoms. The van der Waals surface area contributed by atoms with E-state index in [0.717, 1.165) is 35.5 Å². The van der Waals surface area contributed by atoms with Crippen molar-refractivity contribution in [2.75, 3.05) is 0 Å². The van der Waals surface area contributed by atoms with Gasteiger partial charge in [0.2, 0.25) is 0 Å². The molecule has 0 heterocycles. The molecule has 0 aromatic carbocycles. The summed E-state index contributed by atoms with van der Waals surface area (Å²) in [5.41, 5.74) is 0. The summed E-state index contributed by atoms with van der Waals surface area (Å²) in [6.07, 6.45) is 1.36. The summed E-state index contributed by atoms with van der Waals surface area (Å²) >= 11 is 0. The molecule has 1 saturated carbocycles. The van der Waals surface area contributed by atoms with Crippen LogP contribution in [0, 0.1) is 35.5 Å². The molecule has 0 spiro atoms. The van der Waals surface area contributed by atoms with Gasteiger partial charge in [-0.1, -0.05) is 48.0 Å². The zero-order valence-electron chi connectivity index (χ0n) is 10.2. The van der Waals surface area contributed by atoms with Crippen LogP contribution in [0.5, 0.6) is 0 Å². The van der Waals surface area contributed by atoms with Crippen molar-refractivity contribution < 1.29 is 0 Å². The molecule has 0 bridgehead atoms. The first-order valence-electron chi connectivity index (χ1n) is 6.00. The lowest BCUT2D eigenvalue weighted by Gasteiger charge is -2.52. The zero-order valence-corrected chi connectivity index (χ0v) is 10.2. The second-order valence-electron chi connectivity index (χ2n) is 5.47. The van der Waals surface area contributed by atoms with Gasteiger partial charge in [0, 0.05) is 0 Å². The van der Waals surface area contributed by atoms with Crippen LogP contribution in [0.15, 0.2) is 0 Å². The highest BCUT2D eigenvalue weighted by atomic mass is 14.5. The molecule has 1 aliphatic rings. The lowest BCUT2D eigenvalue weighted by Crippen LogP contribution is -2.47. The normalized spacial score (nSPS) is 41.8. The van der Waals surface area contributed by atoms with E-state index in [4.69, 9.17) is 0 Å². The monoisotopic (exact) mass is 182 g/mol. The predicted molar refractivity (Wildman–Crippen MR) is 59.6 cm³/mol. The topological polar surface area (TPSA) is 0 Å². The predicted octanol–water partition coefficient (Wildman–Crippen LogP) is 4.21. The van der Waals surface area contributed by atoms with Crippen LogP contribution < -0.4 is 0 Å². The first kappa shape index (κ1) is 11.1. The van der Waals surface area contributed by atoms with Crippen molar-refractivity contribution in [3.05, 3.63) is 0 Å². The molecule has 0 aromatic heterocycles. The lowest BCUT2D eigenvalue weighted by atomic mass is 9.53. The van der Waals surface area contributed by atoms with Gasteiger partial charge >= 0.3 is 0 Å². The molecule has 3 unspecified atom stereocenters. The smallest absolute Gasteiger partial charge is 0.0327 e. The van der Waals surface area contributed by atoms with Gasteiger partial charge in [0.05, 0.1) is 0 Å². The molecule has 0 radical (unpaired) electrons. The van der Waals surface area contributed by atoms with Crippen molar-refractivity contribution in [3.63, 3.8) is 0 Å². The van der Waals surface area contributed by atoms with Crippen molar-refractivity contribution in [3.8, 4) is 0 Å². The summed E-state index contributed by atoms with van der Waals surface area (Å²) in [4.78, 5) is 0. The van der Waals surface area contributed by atoms with E-state index in [-0.39, 0.29) is 0 Å². The first-order chi connectivity index (χ1) is 6.00.